The van der Waals surface area contributed by atoms with E-state index >= 15 is 0 Å². The van der Waals surface area contributed by atoms with Gasteiger partial charge in [-0.2, -0.15) is 0 Å². The molecule has 2 rings (SSSR count). The van der Waals surface area contributed by atoms with Crippen molar-refractivity contribution in [2.24, 2.45) is 5.73 Å². The topological polar surface area (TPSA) is 85.1 Å². The summed E-state index contributed by atoms with van der Waals surface area (Å²) in [6.45, 7) is 3.32. The first-order chi connectivity index (χ1) is 10.7. The van der Waals surface area contributed by atoms with Crippen LogP contribution in [0, 0.1) is 0 Å². The van der Waals surface area contributed by atoms with Gasteiger partial charge in [0.05, 0.1) is 25.7 Å². The zero-order valence-corrected chi connectivity index (χ0v) is 13.3. The summed E-state index contributed by atoms with van der Waals surface area (Å²) in [7, 11) is 1.55. The number of nitrogens with two attached hydrogens (primary N) is 1. The van der Waals surface area contributed by atoms with E-state index < -0.39 is 0 Å². The summed E-state index contributed by atoms with van der Waals surface area (Å²) in [6.07, 6.45) is 2.62. The lowest BCUT2D eigenvalue weighted by atomic mass is 9.99. The molecule has 0 aromatic rings. The van der Waals surface area contributed by atoms with E-state index in [1.807, 2.05) is 4.90 Å². The molecule has 2 N–H and O–H groups in total. The highest BCUT2D eigenvalue weighted by atomic mass is 16.5. The number of morpholine rings is 1. The lowest BCUT2D eigenvalue weighted by Crippen LogP contribution is -2.55. The maximum Gasteiger partial charge on any atom is 0.245 e. The number of methoxy groups -OCH3 is 1. The average Bonchev–Trinajstić information content (AvgIpc) is 2.59. The van der Waals surface area contributed by atoms with Crippen molar-refractivity contribution in [3.8, 4) is 0 Å². The molecule has 0 aliphatic carbocycles. The second kappa shape index (κ2) is 8.45. The first kappa shape index (κ1) is 17.2. The summed E-state index contributed by atoms with van der Waals surface area (Å²) in [4.78, 5) is 28.8. The summed E-state index contributed by atoms with van der Waals surface area (Å²) in [5, 5.41) is 0. The molecular weight excluding hydrogens is 286 g/mol. The molecule has 126 valence electrons. The third-order valence-electron chi connectivity index (χ3n) is 4.43. The Labute approximate surface area is 131 Å². The largest absolute Gasteiger partial charge is 0.380 e. The normalized spacial score (nSPS) is 24.2. The highest BCUT2D eigenvalue weighted by molar-refractivity contribution is 5.88. The van der Waals surface area contributed by atoms with Gasteiger partial charge in [0.25, 0.3) is 0 Å². The summed E-state index contributed by atoms with van der Waals surface area (Å²) < 4.78 is 10.5. The van der Waals surface area contributed by atoms with Gasteiger partial charge in [0, 0.05) is 33.3 Å². The van der Waals surface area contributed by atoms with Gasteiger partial charge in [-0.25, -0.2) is 0 Å². The van der Waals surface area contributed by atoms with Crippen LogP contribution < -0.4 is 5.73 Å². The van der Waals surface area contributed by atoms with Gasteiger partial charge in [-0.05, 0) is 19.3 Å². The Morgan fingerprint density at radius 1 is 1.27 bits per heavy atom. The Hall–Kier alpha value is -1.18. The third kappa shape index (κ3) is 4.18. The fourth-order valence-electron chi connectivity index (χ4n) is 3.06. The molecule has 2 fully saturated rings. The number of nitrogens with zero attached hydrogens (tertiary/aromatic N) is 2. The number of carbonyl (C=O) groups is 2. The van der Waals surface area contributed by atoms with Crippen molar-refractivity contribution >= 4 is 11.8 Å². The van der Waals surface area contributed by atoms with Crippen LogP contribution in [0.25, 0.3) is 0 Å². The molecule has 0 bridgehead atoms. The molecule has 2 heterocycles. The highest BCUT2D eigenvalue weighted by Crippen LogP contribution is 2.21. The monoisotopic (exact) mass is 313 g/mol. The predicted molar refractivity (Wildman–Crippen MR) is 81.2 cm³/mol. The van der Waals surface area contributed by atoms with Crippen molar-refractivity contribution in [3.63, 3.8) is 0 Å². The third-order valence-corrected chi connectivity index (χ3v) is 4.43. The van der Waals surface area contributed by atoms with Crippen LogP contribution in [0.4, 0.5) is 0 Å². The molecule has 2 amide bonds. The van der Waals surface area contributed by atoms with Gasteiger partial charge in [-0.3, -0.25) is 9.59 Å². The van der Waals surface area contributed by atoms with Crippen molar-refractivity contribution in [2.45, 2.75) is 37.8 Å². The summed E-state index contributed by atoms with van der Waals surface area (Å²) >= 11 is 0. The number of likely N-dealkylation sites (tertiary alicyclic amines) is 1. The molecule has 0 spiro atoms. The highest BCUT2D eigenvalue weighted by Gasteiger charge is 2.35. The van der Waals surface area contributed by atoms with Gasteiger partial charge in [-0.15, -0.1) is 0 Å². The standard InChI is InChI=1S/C15H27N3O4/c1-21-12(11-16)10-14(19)18-5-3-2-4-13(18)15(20)17-6-8-22-9-7-17/h12-13H,2-11,16H2,1H3. The van der Waals surface area contributed by atoms with Crippen LogP contribution in [0.5, 0.6) is 0 Å². The van der Waals surface area contributed by atoms with Crippen molar-refractivity contribution < 1.29 is 19.1 Å². The maximum absolute atomic E-state index is 12.7. The number of hydrogen-bond donors (Lipinski definition) is 1. The Bertz CT molecular complexity index is 381. The van der Waals surface area contributed by atoms with Crippen LogP contribution >= 0.6 is 0 Å². The number of amides is 2. The fourth-order valence-corrected chi connectivity index (χ4v) is 3.06. The van der Waals surface area contributed by atoms with E-state index in [1.165, 1.54) is 0 Å². The molecule has 2 saturated heterocycles. The Morgan fingerprint density at radius 2 is 2.00 bits per heavy atom. The smallest absolute Gasteiger partial charge is 0.245 e. The van der Waals surface area contributed by atoms with Gasteiger partial charge >= 0.3 is 0 Å². The minimum atomic E-state index is -0.338. The molecule has 2 unspecified atom stereocenters. The van der Waals surface area contributed by atoms with Gasteiger partial charge in [0.1, 0.15) is 6.04 Å². The van der Waals surface area contributed by atoms with Crippen molar-refractivity contribution in [1.82, 2.24) is 9.80 Å². The molecule has 22 heavy (non-hydrogen) atoms. The van der Waals surface area contributed by atoms with Gasteiger partial charge in [0.15, 0.2) is 0 Å². The second-order valence-corrected chi connectivity index (χ2v) is 5.83. The lowest BCUT2D eigenvalue weighted by molar-refractivity contribution is -0.151. The predicted octanol–water partition coefficient (Wildman–Crippen LogP) is -0.410. The molecule has 0 saturated carbocycles. The van der Waals surface area contributed by atoms with Crippen LogP contribution in [0.15, 0.2) is 0 Å². The zero-order valence-electron chi connectivity index (χ0n) is 13.3. The number of carbonyl (C=O) groups excluding carboxylic acids is 2. The number of piperidine rings is 1. The zero-order chi connectivity index (χ0) is 15.9. The number of hydrogen-bond acceptors (Lipinski definition) is 5. The van der Waals surface area contributed by atoms with Gasteiger partial charge in [0.2, 0.25) is 11.8 Å². The van der Waals surface area contributed by atoms with Gasteiger partial charge < -0.3 is 25.0 Å². The molecule has 0 aromatic carbocycles. The van der Waals surface area contributed by atoms with E-state index in [1.54, 1.807) is 12.0 Å². The molecule has 0 radical (unpaired) electrons. The van der Waals surface area contributed by atoms with Crippen LogP contribution in [-0.4, -0.2) is 80.3 Å². The second-order valence-electron chi connectivity index (χ2n) is 5.83. The SMILES string of the molecule is COC(CN)CC(=O)N1CCCCC1C(=O)N1CCOCC1. The van der Waals surface area contributed by atoms with Crippen LogP contribution in [-0.2, 0) is 19.1 Å². The quantitative estimate of drug-likeness (QED) is 0.746. The number of ether oxygens (including phenoxy) is 2. The lowest BCUT2D eigenvalue weighted by Gasteiger charge is -2.39. The fraction of sp³-hybridized carbons (Fsp3) is 0.867. The molecular formula is C15H27N3O4. The Morgan fingerprint density at radius 3 is 2.64 bits per heavy atom. The molecule has 2 aliphatic heterocycles. The van der Waals surface area contributed by atoms with E-state index in [2.05, 4.69) is 0 Å². The van der Waals surface area contributed by atoms with Crippen LogP contribution in [0.1, 0.15) is 25.7 Å². The maximum atomic E-state index is 12.7. The van der Waals surface area contributed by atoms with E-state index in [4.69, 9.17) is 15.2 Å². The minimum Gasteiger partial charge on any atom is -0.380 e. The molecule has 2 aliphatic rings. The Balaban J connectivity index is 2.00. The van der Waals surface area contributed by atoms with Crippen LogP contribution in [0.2, 0.25) is 0 Å². The summed E-state index contributed by atoms with van der Waals surface area (Å²) in [5.74, 6) is 0.0154. The summed E-state index contributed by atoms with van der Waals surface area (Å²) in [6, 6.07) is -0.338. The molecule has 2 atom stereocenters. The van der Waals surface area contributed by atoms with Crippen LogP contribution in [0.3, 0.4) is 0 Å². The van der Waals surface area contributed by atoms with E-state index in [-0.39, 0.29) is 30.4 Å². The molecule has 0 aromatic heterocycles. The molecule has 7 nitrogen and oxygen atoms in total. The van der Waals surface area contributed by atoms with E-state index in [0.29, 0.717) is 39.4 Å². The number of rotatable bonds is 5. The summed E-state index contributed by atoms with van der Waals surface area (Å²) in [5.41, 5.74) is 5.59. The average molecular weight is 313 g/mol. The molecule has 7 heteroatoms. The first-order valence-electron chi connectivity index (χ1n) is 8.06. The van der Waals surface area contributed by atoms with Crippen molar-refractivity contribution in [1.29, 1.82) is 0 Å². The van der Waals surface area contributed by atoms with E-state index in [0.717, 1.165) is 19.3 Å². The van der Waals surface area contributed by atoms with Crippen molar-refractivity contribution in [3.05, 3.63) is 0 Å². The minimum absolute atomic E-state index is 0.0383. The van der Waals surface area contributed by atoms with Crippen molar-refractivity contribution in [2.75, 3.05) is 46.5 Å². The van der Waals surface area contributed by atoms with E-state index in [9.17, 15) is 9.59 Å². The Kier molecular flexibility index (Phi) is 6.60. The first-order valence-corrected chi connectivity index (χ1v) is 8.06. The van der Waals surface area contributed by atoms with Gasteiger partial charge in [-0.1, -0.05) is 0 Å².